The molecule has 1 aliphatic rings. The van der Waals surface area contributed by atoms with Crippen molar-refractivity contribution in [3.8, 4) is 0 Å². The molecule has 0 amide bonds. The molecule has 1 N–H and O–H groups in total. The third-order valence-corrected chi connectivity index (χ3v) is 1.75. The van der Waals surface area contributed by atoms with E-state index in [0.29, 0.717) is 0 Å². The van der Waals surface area contributed by atoms with Gasteiger partial charge in [0.25, 0.3) is 0 Å². The minimum atomic E-state index is 1.01. The SMILES string of the molecule is CCN1CNCCN1C. The zero-order chi connectivity index (χ0) is 6.69. The van der Waals surface area contributed by atoms with Gasteiger partial charge in [0, 0.05) is 26.7 Å². The van der Waals surface area contributed by atoms with Gasteiger partial charge >= 0.3 is 0 Å². The molecule has 0 unspecified atom stereocenters. The molecule has 1 saturated heterocycles. The molecule has 54 valence electrons. The Balaban J connectivity index is 2.30. The van der Waals surface area contributed by atoms with Gasteiger partial charge in [-0.1, -0.05) is 6.92 Å². The summed E-state index contributed by atoms with van der Waals surface area (Å²) in [6.45, 7) is 6.53. The lowest BCUT2D eigenvalue weighted by Crippen LogP contribution is -2.52. The molecule has 0 aromatic rings. The van der Waals surface area contributed by atoms with Gasteiger partial charge < -0.3 is 5.32 Å². The van der Waals surface area contributed by atoms with E-state index in [4.69, 9.17) is 0 Å². The number of nitrogens with zero attached hydrogens (tertiary/aromatic N) is 2. The van der Waals surface area contributed by atoms with Crippen LogP contribution in [0.5, 0.6) is 0 Å². The van der Waals surface area contributed by atoms with Crippen molar-refractivity contribution in [2.45, 2.75) is 6.92 Å². The highest BCUT2D eigenvalue weighted by molar-refractivity contribution is 4.59. The monoisotopic (exact) mass is 129 g/mol. The Bertz CT molecular complexity index is 84.4. The predicted octanol–water partition coefficient (Wildman–Crippen LogP) is -0.284. The van der Waals surface area contributed by atoms with Crippen LogP contribution in [0.3, 0.4) is 0 Å². The first-order valence-corrected chi connectivity index (χ1v) is 3.51. The highest BCUT2D eigenvalue weighted by Gasteiger charge is 2.11. The van der Waals surface area contributed by atoms with Gasteiger partial charge in [-0.15, -0.1) is 0 Å². The van der Waals surface area contributed by atoms with Gasteiger partial charge in [0.15, 0.2) is 0 Å². The molecule has 1 aliphatic heterocycles. The Labute approximate surface area is 56.6 Å². The summed E-state index contributed by atoms with van der Waals surface area (Å²) >= 11 is 0. The van der Waals surface area contributed by atoms with Crippen LogP contribution in [0.1, 0.15) is 6.92 Å². The fourth-order valence-corrected chi connectivity index (χ4v) is 1.06. The smallest absolute Gasteiger partial charge is 0.0623 e. The van der Waals surface area contributed by atoms with Crippen molar-refractivity contribution < 1.29 is 0 Å². The zero-order valence-electron chi connectivity index (χ0n) is 6.22. The summed E-state index contributed by atoms with van der Waals surface area (Å²) in [7, 11) is 2.13. The number of nitrogens with one attached hydrogen (secondary N) is 1. The van der Waals surface area contributed by atoms with Crippen LogP contribution >= 0.6 is 0 Å². The van der Waals surface area contributed by atoms with Gasteiger partial charge in [-0.2, -0.15) is 0 Å². The van der Waals surface area contributed by atoms with Crippen molar-refractivity contribution in [1.29, 1.82) is 0 Å². The molecule has 0 spiro atoms. The van der Waals surface area contributed by atoms with Gasteiger partial charge in [0.1, 0.15) is 0 Å². The summed E-state index contributed by atoms with van der Waals surface area (Å²) in [4.78, 5) is 0. The number of hydrazine groups is 1. The first-order chi connectivity index (χ1) is 4.34. The molecular formula is C6H15N3. The molecule has 3 heteroatoms. The van der Waals surface area contributed by atoms with E-state index in [-0.39, 0.29) is 0 Å². The van der Waals surface area contributed by atoms with Crippen molar-refractivity contribution in [3.05, 3.63) is 0 Å². The van der Waals surface area contributed by atoms with Gasteiger partial charge in [0.05, 0.1) is 6.67 Å². The Morgan fingerprint density at radius 3 is 2.78 bits per heavy atom. The van der Waals surface area contributed by atoms with E-state index < -0.39 is 0 Å². The summed E-state index contributed by atoms with van der Waals surface area (Å²) in [6, 6.07) is 0. The molecule has 1 rings (SSSR count). The lowest BCUT2D eigenvalue weighted by Gasteiger charge is -2.35. The van der Waals surface area contributed by atoms with E-state index in [1.807, 2.05) is 0 Å². The second-order valence-electron chi connectivity index (χ2n) is 2.36. The molecule has 3 nitrogen and oxygen atoms in total. The highest BCUT2D eigenvalue weighted by Crippen LogP contribution is 1.94. The maximum absolute atomic E-state index is 3.30. The third-order valence-electron chi connectivity index (χ3n) is 1.75. The summed E-state index contributed by atoms with van der Waals surface area (Å²) in [5.41, 5.74) is 0. The molecule has 1 fully saturated rings. The summed E-state index contributed by atoms with van der Waals surface area (Å²) in [6.07, 6.45) is 0. The van der Waals surface area contributed by atoms with Crippen molar-refractivity contribution in [3.63, 3.8) is 0 Å². The minimum absolute atomic E-state index is 1.01. The van der Waals surface area contributed by atoms with Crippen LogP contribution in [0, 0.1) is 0 Å². The Morgan fingerprint density at radius 1 is 1.56 bits per heavy atom. The molecule has 1 heterocycles. The number of likely N-dealkylation sites (N-methyl/N-ethyl adjacent to an activating group) is 1. The van der Waals surface area contributed by atoms with Crippen LogP contribution in [0.2, 0.25) is 0 Å². The average molecular weight is 129 g/mol. The second-order valence-corrected chi connectivity index (χ2v) is 2.36. The predicted molar refractivity (Wildman–Crippen MR) is 37.9 cm³/mol. The molecule has 0 atom stereocenters. The molecule has 0 radical (unpaired) electrons. The average Bonchev–Trinajstić information content (AvgIpc) is 1.89. The first kappa shape index (κ1) is 6.99. The largest absolute Gasteiger partial charge is 0.302 e. The molecule has 0 aromatic heterocycles. The fourth-order valence-electron chi connectivity index (χ4n) is 1.06. The molecule has 9 heavy (non-hydrogen) atoms. The normalized spacial score (nSPS) is 24.7. The van der Waals surface area contributed by atoms with Crippen molar-refractivity contribution >= 4 is 0 Å². The fraction of sp³-hybridized carbons (Fsp3) is 1.00. The molecular weight excluding hydrogens is 114 g/mol. The molecule has 0 aromatic carbocycles. The van der Waals surface area contributed by atoms with E-state index in [9.17, 15) is 0 Å². The minimum Gasteiger partial charge on any atom is -0.302 e. The second kappa shape index (κ2) is 3.15. The molecule has 0 aliphatic carbocycles. The first-order valence-electron chi connectivity index (χ1n) is 3.51. The van der Waals surface area contributed by atoms with Gasteiger partial charge in [0.2, 0.25) is 0 Å². The lowest BCUT2D eigenvalue weighted by atomic mass is 10.5. The van der Waals surface area contributed by atoms with Crippen LogP contribution < -0.4 is 5.32 Å². The van der Waals surface area contributed by atoms with Gasteiger partial charge in [-0.3, -0.25) is 0 Å². The van der Waals surface area contributed by atoms with Crippen LogP contribution in [0.15, 0.2) is 0 Å². The van der Waals surface area contributed by atoms with Crippen LogP contribution in [-0.2, 0) is 0 Å². The van der Waals surface area contributed by atoms with Crippen molar-refractivity contribution in [2.24, 2.45) is 0 Å². The van der Waals surface area contributed by atoms with Crippen LogP contribution in [0.25, 0.3) is 0 Å². The summed E-state index contributed by atoms with van der Waals surface area (Å²) < 4.78 is 0. The van der Waals surface area contributed by atoms with Crippen LogP contribution in [0.4, 0.5) is 0 Å². The Hall–Kier alpha value is -0.120. The highest BCUT2D eigenvalue weighted by atomic mass is 15.6. The van der Waals surface area contributed by atoms with Gasteiger partial charge in [-0.25, -0.2) is 10.0 Å². The molecule has 0 bridgehead atoms. The van der Waals surface area contributed by atoms with E-state index in [1.54, 1.807) is 0 Å². The number of rotatable bonds is 1. The third kappa shape index (κ3) is 1.64. The summed E-state index contributed by atoms with van der Waals surface area (Å²) in [5, 5.41) is 7.84. The van der Waals surface area contributed by atoms with E-state index in [0.717, 1.165) is 26.3 Å². The van der Waals surface area contributed by atoms with Crippen molar-refractivity contribution in [2.75, 3.05) is 33.4 Å². The molecule has 0 saturated carbocycles. The number of hydrogen-bond acceptors (Lipinski definition) is 3. The van der Waals surface area contributed by atoms with Gasteiger partial charge in [-0.05, 0) is 0 Å². The quantitative estimate of drug-likeness (QED) is 0.525. The maximum Gasteiger partial charge on any atom is 0.0623 e. The topological polar surface area (TPSA) is 18.5 Å². The lowest BCUT2D eigenvalue weighted by molar-refractivity contribution is -0.0267. The standard InChI is InChI=1S/C6H15N3/c1-3-9-6-7-4-5-8(9)2/h7H,3-6H2,1-2H3. The van der Waals surface area contributed by atoms with E-state index in [1.165, 1.54) is 0 Å². The zero-order valence-corrected chi connectivity index (χ0v) is 6.22. The number of hydrogen-bond donors (Lipinski definition) is 1. The van der Waals surface area contributed by atoms with Crippen LogP contribution in [-0.4, -0.2) is 43.4 Å². The Kier molecular flexibility index (Phi) is 2.45. The Morgan fingerprint density at radius 2 is 2.33 bits per heavy atom. The van der Waals surface area contributed by atoms with E-state index >= 15 is 0 Å². The van der Waals surface area contributed by atoms with Crippen molar-refractivity contribution in [1.82, 2.24) is 15.3 Å². The van der Waals surface area contributed by atoms with E-state index in [2.05, 4.69) is 29.3 Å². The summed E-state index contributed by atoms with van der Waals surface area (Å²) in [5.74, 6) is 0. The maximum atomic E-state index is 3.30.